The van der Waals surface area contributed by atoms with Crippen molar-refractivity contribution in [2.45, 2.75) is 13.0 Å². The van der Waals surface area contributed by atoms with Crippen molar-refractivity contribution in [3.8, 4) is 5.75 Å². The van der Waals surface area contributed by atoms with E-state index in [1.165, 1.54) is 6.26 Å². The van der Waals surface area contributed by atoms with E-state index in [2.05, 4.69) is 0 Å². The lowest BCUT2D eigenvalue weighted by Crippen LogP contribution is -2.28. The van der Waals surface area contributed by atoms with E-state index < -0.39 is 0 Å². The first kappa shape index (κ1) is 15.4. The second-order valence-corrected chi connectivity index (χ2v) is 4.71. The average Bonchev–Trinajstić information content (AvgIpc) is 3.12. The lowest BCUT2D eigenvalue weighted by Gasteiger charge is -2.16. The zero-order chi connectivity index (χ0) is 14.1. The summed E-state index contributed by atoms with van der Waals surface area (Å²) in [4.78, 5) is 14.3. The molecule has 0 spiro atoms. The minimum atomic E-state index is -0.0580. The first-order chi connectivity index (χ1) is 9.72. The van der Waals surface area contributed by atoms with Crippen molar-refractivity contribution in [1.82, 2.24) is 0 Å². The molecule has 1 aromatic carbocycles. The Morgan fingerprint density at radius 2 is 2.24 bits per heavy atom. The first-order valence-corrected chi connectivity index (χ1v) is 6.49. The van der Waals surface area contributed by atoms with Crippen LogP contribution in [-0.4, -0.2) is 19.6 Å². The number of anilines is 1. The monoisotopic (exact) mass is 308 g/mol. The van der Waals surface area contributed by atoms with Crippen LogP contribution >= 0.6 is 12.4 Å². The van der Waals surface area contributed by atoms with E-state index in [0.717, 1.165) is 23.4 Å². The number of nitrogens with zero attached hydrogens (tertiary/aromatic N) is 1. The summed E-state index contributed by atoms with van der Waals surface area (Å²) in [5.41, 5.74) is 8.09. The first-order valence-electron chi connectivity index (χ1n) is 6.49. The molecule has 0 bridgehead atoms. The fourth-order valence-corrected chi connectivity index (χ4v) is 2.47. The number of benzene rings is 1. The van der Waals surface area contributed by atoms with Crippen molar-refractivity contribution >= 4 is 24.0 Å². The Labute approximate surface area is 129 Å². The van der Waals surface area contributed by atoms with Gasteiger partial charge in [0.15, 0.2) is 0 Å². The predicted molar refractivity (Wildman–Crippen MR) is 82.2 cm³/mol. The zero-order valence-electron chi connectivity index (χ0n) is 11.7. The SMILES string of the molecule is COc1ccc2c(c1)CCN2C(=O)c1coc(CN)c1.Cl. The number of carbonyl (C=O) groups excluding carboxylic acids is 1. The summed E-state index contributed by atoms with van der Waals surface area (Å²) in [6, 6.07) is 7.46. The topological polar surface area (TPSA) is 68.7 Å². The highest BCUT2D eigenvalue weighted by Crippen LogP contribution is 2.32. The van der Waals surface area contributed by atoms with Crippen LogP contribution in [0.25, 0.3) is 0 Å². The fourth-order valence-electron chi connectivity index (χ4n) is 2.47. The fraction of sp³-hybridized carbons (Fsp3) is 0.267. The van der Waals surface area contributed by atoms with E-state index in [1.807, 2.05) is 18.2 Å². The minimum absolute atomic E-state index is 0. The van der Waals surface area contributed by atoms with Gasteiger partial charge in [-0.2, -0.15) is 0 Å². The number of halogens is 1. The van der Waals surface area contributed by atoms with Crippen LogP contribution in [0.2, 0.25) is 0 Å². The number of furan rings is 1. The lowest BCUT2D eigenvalue weighted by molar-refractivity contribution is 0.0989. The van der Waals surface area contributed by atoms with Gasteiger partial charge in [-0.1, -0.05) is 0 Å². The van der Waals surface area contributed by atoms with Gasteiger partial charge in [0.1, 0.15) is 17.8 Å². The van der Waals surface area contributed by atoms with E-state index in [9.17, 15) is 4.79 Å². The van der Waals surface area contributed by atoms with Gasteiger partial charge in [-0.3, -0.25) is 4.79 Å². The van der Waals surface area contributed by atoms with E-state index >= 15 is 0 Å². The van der Waals surface area contributed by atoms with Gasteiger partial charge in [-0.05, 0) is 36.2 Å². The molecular formula is C15H17ClN2O3. The van der Waals surface area contributed by atoms with Gasteiger partial charge >= 0.3 is 0 Å². The van der Waals surface area contributed by atoms with Crippen molar-refractivity contribution in [2.75, 3.05) is 18.6 Å². The van der Waals surface area contributed by atoms with Gasteiger partial charge in [0.25, 0.3) is 5.91 Å². The minimum Gasteiger partial charge on any atom is -0.497 e. The Bertz CT molecular complexity index is 654. The van der Waals surface area contributed by atoms with Crippen LogP contribution in [-0.2, 0) is 13.0 Å². The second-order valence-electron chi connectivity index (χ2n) is 4.71. The molecule has 2 heterocycles. The molecule has 0 fully saturated rings. The highest BCUT2D eigenvalue weighted by atomic mass is 35.5. The van der Waals surface area contributed by atoms with Gasteiger partial charge in [-0.15, -0.1) is 12.4 Å². The summed E-state index contributed by atoms with van der Waals surface area (Å²) >= 11 is 0. The van der Waals surface area contributed by atoms with Crippen LogP contribution in [0.1, 0.15) is 21.7 Å². The quantitative estimate of drug-likeness (QED) is 0.945. The molecule has 0 saturated carbocycles. The highest BCUT2D eigenvalue weighted by Gasteiger charge is 2.26. The maximum atomic E-state index is 12.5. The Balaban J connectivity index is 0.00000161. The van der Waals surface area contributed by atoms with Gasteiger partial charge in [-0.25, -0.2) is 0 Å². The second kappa shape index (κ2) is 6.20. The number of nitrogens with two attached hydrogens (primary N) is 1. The number of ether oxygens (including phenoxy) is 1. The number of carbonyl (C=O) groups is 1. The normalized spacial score (nSPS) is 12.8. The molecule has 0 saturated heterocycles. The molecule has 2 aromatic rings. The number of hydrogen-bond donors (Lipinski definition) is 1. The van der Waals surface area contributed by atoms with Gasteiger partial charge in [0.05, 0.1) is 19.2 Å². The summed E-state index contributed by atoms with van der Waals surface area (Å²) in [7, 11) is 1.64. The largest absolute Gasteiger partial charge is 0.497 e. The van der Waals surface area contributed by atoms with E-state index in [4.69, 9.17) is 14.9 Å². The summed E-state index contributed by atoms with van der Waals surface area (Å²) in [6.07, 6.45) is 2.30. The molecule has 5 nitrogen and oxygen atoms in total. The van der Waals surface area contributed by atoms with Crippen LogP contribution in [0, 0.1) is 0 Å². The molecule has 0 unspecified atom stereocenters. The number of hydrogen-bond acceptors (Lipinski definition) is 4. The molecule has 2 N–H and O–H groups in total. The van der Waals surface area contributed by atoms with Crippen molar-refractivity contribution < 1.29 is 13.9 Å². The van der Waals surface area contributed by atoms with Crippen molar-refractivity contribution in [2.24, 2.45) is 5.73 Å². The maximum Gasteiger partial charge on any atom is 0.261 e. The lowest BCUT2D eigenvalue weighted by atomic mass is 10.1. The molecule has 0 atom stereocenters. The molecule has 1 aliphatic heterocycles. The Kier molecular flexibility index (Phi) is 4.55. The average molecular weight is 309 g/mol. The van der Waals surface area contributed by atoms with Gasteiger partial charge < -0.3 is 19.8 Å². The van der Waals surface area contributed by atoms with Crippen LogP contribution in [0.15, 0.2) is 34.9 Å². The van der Waals surface area contributed by atoms with Gasteiger partial charge in [0.2, 0.25) is 0 Å². The molecule has 0 aliphatic carbocycles. The predicted octanol–water partition coefficient (Wildman–Crippen LogP) is 2.37. The Hall–Kier alpha value is -1.98. The van der Waals surface area contributed by atoms with Gasteiger partial charge in [0, 0.05) is 12.2 Å². The number of methoxy groups -OCH3 is 1. The summed E-state index contributed by atoms with van der Waals surface area (Å²) in [5, 5.41) is 0. The Morgan fingerprint density at radius 1 is 1.43 bits per heavy atom. The third-order valence-corrected chi connectivity index (χ3v) is 3.53. The van der Waals surface area contributed by atoms with E-state index in [-0.39, 0.29) is 18.3 Å². The molecule has 112 valence electrons. The number of fused-ring (bicyclic) bond motifs is 1. The molecule has 3 rings (SSSR count). The van der Waals surface area contributed by atoms with Crippen LogP contribution < -0.4 is 15.4 Å². The molecule has 1 aromatic heterocycles. The van der Waals surface area contributed by atoms with Crippen molar-refractivity contribution in [3.05, 3.63) is 47.4 Å². The summed E-state index contributed by atoms with van der Waals surface area (Å²) in [5.74, 6) is 1.37. The molecule has 6 heteroatoms. The third kappa shape index (κ3) is 2.75. The van der Waals surface area contributed by atoms with E-state index in [1.54, 1.807) is 18.1 Å². The maximum absolute atomic E-state index is 12.5. The Morgan fingerprint density at radius 3 is 2.90 bits per heavy atom. The van der Waals surface area contributed by atoms with Crippen LogP contribution in [0.5, 0.6) is 5.75 Å². The van der Waals surface area contributed by atoms with E-state index in [0.29, 0.717) is 24.4 Å². The zero-order valence-corrected chi connectivity index (χ0v) is 12.5. The molecule has 1 amide bonds. The standard InChI is InChI=1S/C15H16N2O3.ClH/c1-19-12-2-3-14-10(6-12)4-5-17(14)15(18)11-7-13(8-16)20-9-11;/h2-3,6-7,9H,4-5,8,16H2,1H3;1H. The molecule has 1 aliphatic rings. The number of rotatable bonds is 3. The molecular weight excluding hydrogens is 292 g/mol. The molecule has 21 heavy (non-hydrogen) atoms. The van der Waals surface area contributed by atoms with Crippen molar-refractivity contribution in [3.63, 3.8) is 0 Å². The highest BCUT2D eigenvalue weighted by molar-refractivity contribution is 6.07. The third-order valence-electron chi connectivity index (χ3n) is 3.53. The molecule has 0 radical (unpaired) electrons. The summed E-state index contributed by atoms with van der Waals surface area (Å²) < 4.78 is 10.4. The number of amides is 1. The van der Waals surface area contributed by atoms with Crippen LogP contribution in [0.4, 0.5) is 5.69 Å². The van der Waals surface area contributed by atoms with Crippen molar-refractivity contribution in [1.29, 1.82) is 0 Å². The smallest absolute Gasteiger partial charge is 0.261 e. The summed E-state index contributed by atoms with van der Waals surface area (Å²) in [6.45, 7) is 0.964. The van der Waals surface area contributed by atoms with Crippen LogP contribution in [0.3, 0.4) is 0 Å².